The SMILES string of the molecule is Cc1nc(N)c(C=O)c(=O)[nH]1. The van der Waals surface area contributed by atoms with Crippen LogP contribution >= 0.6 is 0 Å². The number of aromatic nitrogens is 2. The van der Waals surface area contributed by atoms with E-state index in [1.54, 1.807) is 6.92 Å². The second-order valence-electron chi connectivity index (χ2n) is 2.07. The van der Waals surface area contributed by atoms with Crippen LogP contribution in [0.5, 0.6) is 0 Å². The number of carbonyl (C=O) groups is 1. The van der Waals surface area contributed by atoms with Crippen molar-refractivity contribution in [3.8, 4) is 0 Å². The Hall–Kier alpha value is -1.65. The molecule has 0 fully saturated rings. The number of carbonyl (C=O) groups excluding carboxylic acids is 1. The fraction of sp³-hybridized carbons (Fsp3) is 0.167. The van der Waals surface area contributed by atoms with E-state index in [-0.39, 0.29) is 11.4 Å². The molecule has 58 valence electrons. The third-order valence-corrected chi connectivity index (χ3v) is 1.22. The van der Waals surface area contributed by atoms with E-state index in [1.165, 1.54) is 0 Å². The summed E-state index contributed by atoms with van der Waals surface area (Å²) in [5, 5.41) is 0. The van der Waals surface area contributed by atoms with Gasteiger partial charge in [-0.25, -0.2) is 4.98 Å². The van der Waals surface area contributed by atoms with Gasteiger partial charge >= 0.3 is 0 Å². The van der Waals surface area contributed by atoms with Gasteiger partial charge in [-0.15, -0.1) is 0 Å². The van der Waals surface area contributed by atoms with Gasteiger partial charge in [-0.1, -0.05) is 0 Å². The van der Waals surface area contributed by atoms with E-state index in [4.69, 9.17) is 5.73 Å². The van der Waals surface area contributed by atoms with Gasteiger partial charge in [0.25, 0.3) is 5.56 Å². The van der Waals surface area contributed by atoms with Crippen LogP contribution in [0.25, 0.3) is 0 Å². The normalized spacial score (nSPS) is 9.55. The predicted molar refractivity (Wildman–Crippen MR) is 39.4 cm³/mol. The van der Waals surface area contributed by atoms with Gasteiger partial charge in [0.15, 0.2) is 6.29 Å². The van der Waals surface area contributed by atoms with Crippen molar-refractivity contribution in [2.45, 2.75) is 6.92 Å². The zero-order chi connectivity index (χ0) is 8.43. The molecule has 11 heavy (non-hydrogen) atoms. The van der Waals surface area contributed by atoms with Crippen LogP contribution in [0, 0.1) is 6.92 Å². The fourth-order valence-corrected chi connectivity index (χ4v) is 0.731. The maximum atomic E-state index is 10.9. The number of nitrogens with one attached hydrogen (secondary N) is 1. The molecule has 0 bridgehead atoms. The first kappa shape index (κ1) is 7.46. The Morgan fingerprint density at radius 3 is 2.73 bits per heavy atom. The van der Waals surface area contributed by atoms with Crippen LogP contribution in [0.15, 0.2) is 4.79 Å². The summed E-state index contributed by atoms with van der Waals surface area (Å²) in [6.07, 6.45) is 0.389. The van der Waals surface area contributed by atoms with Crippen molar-refractivity contribution in [3.05, 3.63) is 21.7 Å². The standard InChI is InChI=1S/C6H7N3O2/c1-3-8-5(7)4(2-10)6(11)9-3/h2H,1H3,(H3,7,8,9,11). The molecule has 3 N–H and O–H groups in total. The van der Waals surface area contributed by atoms with E-state index in [2.05, 4.69) is 9.97 Å². The number of anilines is 1. The summed E-state index contributed by atoms with van der Waals surface area (Å²) in [5.41, 5.74) is 4.66. The Kier molecular flexibility index (Phi) is 1.72. The number of nitrogen functional groups attached to an aromatic ring is 1. The van der Waals surface area contributed by atoms with Crippen molar-refractivity contribution >= 4 is 12.1 Å². The van der Waals surface area contributed by atoms with Gasteiger partial charge in [0.05, 0.1) is 0 Å². The molecule has 0 aliphatic rings. The average Bonchev–Trinajstić information content (AvgIpc) is 1.85. The van der Waals surface area contributed by atoms with E-state index in [9.17, 15) is 9.59 Å². The molecule has 1 aromatic heterocycles. The number of H-pyrrole nitrogens is 1. The molecule has 1 heterocycles. The van der Waals surface area contributed by atoms with E-state index in [0.29, 0.717) is 12.1 Å². The van der Waals surface area contributed by atoms with Gasteiger partial charge in [-0.3, -0.25) is 9.59 Å². The number of rotatable bonds is 1. The van der Waals surface area contributed by atoms with Crippen LogP contribution in [-0.2, 0) is 0 Å². The van der Waals surface area contributed by atoms with E-state index < -0.39 is 5.56 Å². The second-order valence-corrected chi connectivity index (χ2v) is 2.07. The number of hydrogen-bond acceptors (Lipinski definition) is 4. The highest BCUT2D eigenvalue weighted by atomic mass is 16.1. The highest BCUT2D eigenvalue weighted by Crippen LogP contribution is 1.97. The Labute approximate surface area is 62.3 Å². The van der Waals surface area contributed by atoms with Crippen molar-refractivity contribution in [1.29, 1.82) is 0 Å². The number of nitrogens with two attached hydrogens (primary N) is 1. The number of hydrogen-bond donors (Lipinski definition) is 2. The molecule has 0 saturated carbocycles. The minimum Gasteiger partial charge on any atom is -0.383 e. The van der Waals surface area contributed by atoms with E-state index >= 15 is 0 Å². The summed E-state index contributed by atoms with van der Waals surface area (Å²) in [4.78, 5) is 27.2. The monoisotopic (exact) mass is 153 g/mol. The first-order chi connectivity index (χ1) is 5.15. The molecular weight excluding hydrogens is 146 g/mol. The molecule has 1 aromatic rings. The first-order valence-corrected chi connectivity index (χ1v) is 2.96. The van der Waals surface area contributed by atoms with Crippen LogP contribution in [0.3, 0.4) is 0 Å². The largest absolute Gasteiger partial charge is 0.383 e. The zero-order valence-electron chi connectivity index (χ0n) is 5.92. The van der Waals surface area contributed by atoms with Crippen molar-refractivity contribution in [2.75, 3.05) is 5.73 Å². The van der Waals surface area contributed by atoms with Crippen LogP contribution < -0.4 is 11.3 Å². The van der Waals surface area contributed by atoms with Gasteiger partial charge in [0, 0.05) is 0 Å². The summed E-state index contributed by atoms with van der Waals surface area (Å²) < 4.78 is 0. The van der Waals surface area contributed by atoms with Crippen molar-refractivity contribution in [3.63, 3.8) is 0 Å². The third kappa shape index (κ3) is 1.26. The van der Waals surface area contributed by atoms with E-state index in [0.717, 1.165) is 0 Å². The highest BCUT2D eigenvalue weighted by Gasteiger charge is 2.04. The molecule has 0 spiro atoms. The highest BCUT2D eigenvalue weighted by molar-refractivity contribution is 5.80. The quantitative estimate of drug-likeness (QED) is 0.531. The zero-order valence-corrected chi connectivity index (χ0v) is 5.92. The minimum atomic E-state index is -0.495. The number of aldehydes is 1. The lowest BCUT2D eigenvalue weighted by atomic mass is 10.3. The minimum absolute atomic E-state index is 0.0266. The first-order valence-electron chi connectivity index (χ1n) is 2.96. The molecular formula is C6H7N3O2. The Bertz CT molecular complexity index is 342. The molecule has 0 aliphatic heterocycles. The van der Waals surface area contributed by atoms with Gasteiger partial charge in [-0.2, -0.15) is 0 Å². The molecule has 0 aliphatic carbocycles. The van der Waals surface area contributed by atoms with Crippen LogP contribution in [0.1, 0.15) is 16.2 Å². The molecule has 0 unspecified atom stereocenters. The Morgan fingerprint density at radius 1 is 1.64 bits per heavy atom. The van der Waals surface area contributed by atoms with Gasteiger partial charge in [0.1, 0.15) is 17.2 Å². The van der Waals surface area contributed by atoms with Gasteiger partial charge in [0.2, 0.25) is 0 Å². The maximum Gasteiger partial charge on any atom is 0.263 e. The summed E-state index contributed by atoms with van der Waals surface area (Å²) >= 11 is 0. The Morgan fingerprint density at radius 2 is 2.27 bits per heavy atom. The van der Waals surface area contributed by atoms with Crippen molar-refractivity contribution in [1.82, 2.24) is 9.97 Å². The average molecular weight is 153 g/mol. The molecule has 0 saturated heterocycles. The Balaban J connectivity index is 3.49. The lowest BCUT2D eigenvalue weighted by Gasteiger charge is -1.96. The molecule has 0 amide bonds. The van der Waals surface area contributed by atoms with Crippen LogP contribution in [0.4, 0.5) is 5.82 Å². The fourth-order valence-electron chi connectivity index (χ4n) is 0.731. The predicted octanol–water partition coefficient (Wildman–Crippen LogP) is -0.527. The number of nitrogens with zero attached hydrogens (tertiary/aromatic N) is 1. The van der Waals surface area contributed by atoms with Gasteiger partial charge in [-0.05, 0) is 6.92 Å². The molecule has 5 nitrogen and oxygen atoms in total. The maximum absolute atomic E-state index is 10.9. The molecule has 0 radical (unpaired) electrons. The summed E-state index contributed by atoms with van der Waals surface area (Å²) in [6, 6.07) is 0. The van der Waals surface area contributed by atoms with E-state index in [1.807, 2.05) is 0 Å². The smallest absolute Gasteiger partial charge is 0.263 e. The van der Waals surface area contributed by atoms with Gasteiger partial charge < -0.3 is 10.7 Å². The summed E-state index contributed by atoms with van der Waals surface area (Å²) in [7, 11) is 0. The van der Waals surface area contributed by atoms with Crippen LogP contribution in [0.2, 0.25) is 0 Å². The molecule has 0 aromatic carbocycles. The number of aryl methyl sites for hydroxylation is 1. The van der Waals surface area contributed by atoms with Crippen molar-refractivity contribution < 1.29 is 4.79 Å². The second kappa shape index (κ2) is 2.53. The third-order valence-electron chi connectivity index (χ3n) is 1.22. The summed E-state index contributed by atoms with van der Waals surface area (Å²) in [6.45, 7) is 1.59. The molecule has 5 heteroatoms. The summed E-state index contributed by atoms with van der Waals surface area (Å²) in [5.74, 6) is 0.374. The topological polar surface area (TPSA) is 88.8 Å². The molecule has 1 rings (SSSR count). The lowest BCUT2D eigenvalue weighted by Crippen LogP contribution is -2.17. The molecule has 0 atom stereocenters. The van der Waals surface area contributed by atoms with Crippen LogP contribution in [-0.4, -0.2) is 16.3 Å². The lowest BCUT2D eigenvalue weighted by molar-refractivity contribution is 0.112. The van der Waals surface area contributed by atoms with Crippen molar-refractivity contribution in [2.24, 2.45) is 0 Å². The number of aromatic amines is 1.